The van der Waals surface area contributed by atoms with E-state index in [1.807, 2.05) is 80.6 Å². The zero-order valence-electron chi connectivity index (χ0n) is 27.6. The van der Waals surface area contributed by atoms with Crippen LogP contribution in [0.4, 0.5) is 10.5 Å². The number of terminal acetylenes is 1. The average Bonchev–Trinajstić information content (AvgIpc) is 2.98. The van der Waals surface area contributed by atoms with Crippen molar-refractivity contribution in [3.63, 3.8) is 0 Å². The van der Waals surface area contributed by atoms with Gasteiger partial charge in [0.2, 0.25) is 5.91 Å². The molecule has 0 heterocycles. The summed E-state index contributed by atoms with van der Waals surface area (Å²) in [5.74, 6) is 2.28. The van der Waals surface area contributed by atoms with Crippen LogP contribution in [0.2, 0.25) is 0 Å². The van der Waals surface area contributed by atoms with Crippen molar-refractivity contribution in [1.29, 1.82) is 0 Å². The number of carbonyl (C=O) groups excluding carboxylic acids is 3. The number of nitrogens with zero attached hydrogens (tertiary/aromatic N) is 1. The number of carbonyl (C=O) groups is 3. The molecule has 7 heteroatoms. The van der Waals surface area contributed by atoms with Crippen LogP contribution in [0.1, 0.15) is 82.7 Å². The Morgan fingerprint density at radius 1 is 0.889 bits per heavy atom. The summed E-state index contributed by atoms with van der Waals surface area (Å²) in [4.78, 5) is 44.0. The van der Waals surface area contributed by atoms with Gasteiger partial charge in [-0.25, -0.2) is 4.79 Å². The normalized spacial score (nSPS) is 13.2. The number of anilines is 1. The molecule has 2 N–H and O–H groups in total. The van der Waals surface area contributed by atoms with Crippen molar-refractivity contribution >= 4 is 23.6 Å². The number of benzene rings is 3. The molecule has 3 atom stereocenters. The van der Waals surface area contributed by atoms with Crippen LogP contribution >= 0.6 is 0 Å². The van der Waals surface area contributed by atoms with Crippen molar-refractivity contribution in [3.8, 4) is 12.3 Å². The van der Waals surface area contributed by atoms with E-state index in [1.165, 1.54) is 0 Å². The summed E-state index contributed by atoms with van der Waals surface area (Å²) >= 11 is 0. The molecule has 3 rings (SSSR count). The van der Waals surface area contributed by atoms with E-state index in [2.05, 4.69) is 30.4 Å². The number of amides is 3. The second kappa shape index (κ2) is 15.9. The van der Waals surface area contributed by atoms with Crippen LogP contribution in [-0.2, 0) is 20.7 Å². The molecular weight excluding hydrogens is 562 g/mol. The highest BCUT2D eigenvalue weighted by atomic mass is 16.6. The van der Waals surface area contributed by atoms with Crippen LogP contribution in [0.3, 0.4) is 0 Å². The Labute approximate surface area is 268 Å². The molecule has 0 aliphatic rings. The van der Waals surface area contributed by atoms with Gasteiger partial charge in [0.05, 0.1) is 0 Å². The Kier molecular flexibility index (Phi) is 12.4. The molecule has 238 valence electrons. The number of hydrogen-bond acceptors (Lipinski definition) is 4. The Morgan fingerprint density at radius 2 is 1.51 bits per heavy atom. The van der Waals surface area contributed by atoms with Gasteiger partial charge in [-0.3, -0.25) is 9.59 Å². The van der Waals surface area contributed by atoms with Crippen molar-refractivity contribution in [2.75, 3.05) is 5.32 Å². The highest BCUT2D eigenvalue weighted by Crippen LogP contribution is 2.31. The number of ether oxygens (including phenoxy) is 1. The van der Waals surface area contributed by atoms with Crippen molar-refractivity contribution < 1.29 is 19.1 Å². The number of hydrogen-bond donors (Lipinski definition) is 2. The lowest BCUT2D eigenvalue weighted by molar-refractivity contribution is -0.143. The van der Waals surface area contributed by atoms with E-state index in [1.54, 1.807) is 37.8 Å². The molecule has 0 aliphatic carbocycles. The van der Waals surface area contributed by atoms with Crippen LogP contribution < -0.4 is 10.6 Å². The first-order valence-corrected chi connectivity index (χ1v) is 15.6. The molecule has 0 saturated heterocycles. The topological polar surface area (TPSA) is 87.7 Å². The minimum Gasteiger partial charge on any atom is -0.444 e. The number of para-hydroxylation sites is 1. The van der Waals surface area contributed by atoms with Crippen LogP contribution in [0.15, 0.2) is 78.9 Å². The lowest BCUT2D eigenvalue weighted by atomic mass is 9.93. The first-order chi connectivity index (χ1) is 21.3. The van der Waals surface area contributed by atoms with Crippen LogP contribution in [-0.4, -0.2) is 40.5 Å². The summed E-state index contributed by atoms with van der Waals surface area (Å²) in [5, 5.41) is 5.89. The van der Waals surface area contributed by atoms with Crippen molar-refractivity contribution in [2.24, 2.45) is 5.92 Å². The zero-order chi connectivity index (χ0) is 33.1. The summed E-state index contributed by atoms with van der Waals surface area (Å²) in [6.45, 7) is 13.4. The summed E-state index contributed by atoms with van der Waals surface area (Å²) in [6, 6.07) is 21.7. The summed E-state index contributed by atoms with van der Waals surface area (Å²) < 4.78 is 5.57. The van der Waals surface area contributed by atoms with E-state index < -0.39 is 35.6 Å². The quantitative estimate of drug-likeness (QED) is 0.209. The molecule has 0 spiro atoms. The van der Waals surface area contributed by atoms with Gasteiger partial charge in [-0.2, -0.15) is 0 Å². The monoisotopic (exact) mass is 609 g/mol. The average molecular weight is 610 g/mol. The van der Waals surface area contributed by atoms with E-state index >= 15 is 0 Å². The lowest BCUT2D eigenvalue weighted by Gasteiger charge is -2.39. The molecule has 3 aromatic rings. The largest absolute Gasteiger partial charge is 0.444 e. The smallest absolute Gasteiger partial charge is 0.408 e. The highest BCUT2D eigenvalue weighted by molar-refractivity contribution is 6.00. The molecule has 3 aromatic carbocycles. The summed E-state index contributed by atoms with van der Waals surface area (Å²) in [5.41, 5.74) is 2.65. The fourth-order valence-electron chi connectivity index (χ4n) is 5.19. The van der Waals surface area contributed by atoms with Crippen LogP contribution in [0, 0.1) is 25.2 Å². The predicted octanol–water partition coefficient (Wildman–Crippen LogP) is 7.45. The first-order valence-electron chi connectivity index (χ1n) is 15.6. The number of nitrogens with one attached hydrogen (secondary N) is 2. The molecule has 0 bridgehead atoms. The van der Waals surface area contributed by atoms with Crippen molar-refractivity contribution in [2.45, 2.75) is 91.5 Å². The number of alkyl carbamates (subject to hydrolysis) is 1. The maximum absolute atomic E-state index is 14.9. The standard InChI is InChI=1S/C38H47N3O4/c1-9-30-20-14-15-21-31(30)34(35(42)39-32-22-16-13-17-27(32)4)41(28(5)24-23-26(2)3)36(43)33(25-29-18-11-10-12-19-29)40-37(44)45-38(6,7)8/h1,10-22,26,28,33-34H,23-25H2,2-8H3,(H,39,42)(H,40,44). The SMILES string of the molecule is C#Cc1ccccc1C(C(=O)Nc1ccccc1C)N(C(=O)C(Cc1ccccc1)NC(=O)OC(C)(C)C)C(C)CCC(C)C. The molecule has 0 aromatic heterocycles. The van der Waals surface area contributed by atoms with Gasteiger partial charge in [-0.1, -0.05) is 86.5 Å². The van der Waals surface area contributed by atoms with Gasteiger partial charge in [-0.15, -0.1) is 6.42 Å². The molecule has 7 nitrogen and oxygen atoms in total. The summed E-state index contributed by atoms with van der Waals surface area (Å²) in [6.07, 6.45) is 6.91. The van der Waals surface area contributed by atoms with Gasteiger partial charge in [0.15, 0.2) is 0 Å². The molecule has 3 amide bonds. The van der Waals surface area contributed by atoms with E-state index in [0.29, 0.717) is 29.2 Å². The molecule has 0 radical (unpaired) electrons. The third-order valence-electron chi connectivity index (χ3n) is 7.50. The Hall–Kier alpha value is -4.57. The fraction of sp³-hybridized carbons (Fsp3) is 0.395. The van der Waals surface area contributed by atoms with Gasteiger partial charge >= 0.3 is 6.09 Å². The molecular formula is C38H47N3O4. The van der Waals surface area contributed by atoms with E-state index in [0.717, 1.165) is 17.5 Å². The van der Waals surface area contributed by atoms with Gasteiger partial charge in [0.1, 0.15) is 17.7 Å². The van der Waals surface area contributed by atoms with E-state index in [9.17, 15) is 14.4 Å². The Morgan fingerprint density at radius 3 is 2.13 bits per heavy atom. The Balaban J connectivity index is 2.18. The molecule has 0 fully saturated rings. The zero-order valence-corrected chi connectivity index (χ0v) is 27.6. The van der Waals surface area contributed by atoms with Crippen LogP contribution in [0.5, 0.6) is 0 Å². The minimum atomic E-state index is -1.08. The lowest BCUT2D eigenvalue weighted by Crippen LogP contribution is -2.55. The van der Waals surface area contributed by atoms with Gasteiger partial charge in [0, 0.05) is 23.7 Å². The third-order valence-corrected chi connectivity index (χ3v) is 7.50. The van der Waals surface area contributed by atoms with Crippen LogP contribution in [0.25, 0.3) is 0 Å². The number of rotatable bonds is 12. The molecule has 45 heavy (non-hydrogen) atoms. The molecule has 0 saturated carbocycles. The third kappa shape index (κ3) is 10.2. The van der Waals surface area contributed by atoms with Crippen molar-refractivity contribution in [3.05, 3.63) is 101 Å². The molecule has 3 unspecified atom stereocenters. The first kappa shape index (κ1) is 34.9. The second-order valence-electron chi connectivity index (χ2n) is 12.9. The van der Waals surface area contributed by atoms with E-state index in [-0.39, 0.29) is 12.5 Å². The Bertz CT molecular complexity index is 1490. The predicted molar refractivity (Wildman–Crippen MR) is 181 cm³/mol. The van der Waals surface area contributed by atoms with E-state index in [4.69, 9.17) is 11.2 Å². The number of aryl methyl sites for hydroxylation is 1. The van der Waals surface area contributed by atoms with Crippen molar-refractivity contribution in [1.82, 2.24) is 10.2 Å². The second-order valence-corrected chi connectivity index (χ2v) is 12.9. The minimum absolute atomic E-state index is 0.204. The molecule has 0 aliphatic heterocycles. The highest BCUT2D eigenvalue weighted by Gasteiger charge is 2.40. The summed E-state index contributed by atoms with van der Waals surface area (Å²) in [7, 11) is 0. The maximum Gasteiger partial charge on any atom is 0.408 e. The van der Waals surface area contributed by atoms with Gasteiger partial charge in [-0.05, 0) is 82.2 Å². The maximum atomic E-state index is 14.9. The van der Waals surface area contributed by atoms with Gasteiger partial charge < -0.3 is 20.3 Å². The van der Waals surface area contributed by atoms with Gasteiger partial charge in [0.25, 0.3) is 5.91 Å². The fourth-order valence-corrected chi connectivity index (χ4v) is 5.19.